The van der Waals surface area contributed by atoms with Crippen LogP contribution in [-0.4, -0.2) is 31.2 Å². The molecule has 0 bridgehead atoms. The number of fused-ring (bicyclic) bond motifs is 2. The van der Waals surface area contributed by atoms with Crippen LogP contribution in [0.25, 0.3) is 23.0 Å². The van der Waals surface area contributed by atoms with Gasteiger partial charge in [-0.05, 0) is 71.4 Å². The largest absolute Gasteiger partial charge is 0.433 e. The minimum Gasteiger partial charge on any atom is -0.265 e. The molecule has 0 saturated heterocycles. The van der Waals surface area contributed by atoms with Gasteiger partial charge in [0.2, 0.25) is 0 Å². The Morgan fingerprint density at radius 2 is 1.82 bits per heavy atom. The van der Waals surface area contributed by atoms with Gasteiger partial charge in [0.1, 0.15) is 0 Å². The predicted molar refractivity (Wildman–Crippen MR) is 168 cm³/mol. The Hall–Kier alpha value is -4.09. The van der Waals surface area contributed by atoms with Gasteiger partial charge in [-0.15, -0.1) is 22.7 Å². The fourth-order valence-electron chi connectivity index (χ4n) is 6.04. The third kappa shape index (κ3) is 5.17. The van der Waals surface area contributed by atoms with E-state index in [0.717, 1.165) is 56.4 Å². The van der Waals surface area contributed by atoms with Crippen molar-refractivity contribution >= 4 is 46.0 Å². The molecule has 0 unspecified atom stereocenters. The van der Waals surface area contributed by atoms with Crippen LogP contribution in [0.3, 0.4) is 0 Å². The third-order valence-electron chi connectivity index (χ3n) is 8.21. The quantitative estimate of drug-likeness (QED) is 0.194. The third-order valence-corrected chi connectivity index (χ3v) is 9.98. The van der Waals surface area contributed by atoms with Crippen molar-refractivity contribution < 1.29 is 18.0 Å². The first-order valence-electron chi connectivity index (χ1n) is 14.5. The van der Waals surface area contributed by atoms with Crippen LogP contribution in [0.1, 0.15) is 76.6 Å². The van der Waals surface area contributed by atoms with Gasteiger partial charge in [0, 0.05) is 27.3 Å². The molecule has 6 nitrogen and oxygen atoms in total. The number of carbonyl (C=O) groups is 1. The van der Waals surface area contributed by atoms with Gasteiger partial charge in [0.25, 0.3) is 5.91 Å². The average Bonchev–Trinajstić information content (AvgIpc) is 3.82. The number of aromatic nitrogens is 3. The van der Waals surface area contributed by atoms with Gasteiger partial charge in [0.05, 0.1) is 17.4 Å². The van der Waals surface area contributed by atoms with Crippen LogP contribution >= 0.6 is 22.7 Å². The van der Waals surface area contributed by atoms with Crippen molar-refractivity contribution in [3.8, 4) is 11.3 Å². The van der Waals surface area contributed by atoms with Crippen LogP contribution < -0.4 is 0 Å². The second-order valence-electron chi connectivity index (χ2n) is 11.4. The highest BCUT2D eigenvalue weighted by Crippen LogP contribution is 2.46. The van der Waals surface area contributed by atoms with Crippen molar-refractivity contribution in [3.05, 3.63) is 104 Å². The molecule has 1 saturated carbocycles. The molecule has 7 rings (SSSR count). The summed E-state index contributed by atoms with van der Waals surface area (Å²) < 4.78 is 43.7. The second-order valence-corrected chi connectivity index (χ2v) is 13.3. The van der Waals surface area contributed by atoms with Crippen LogP contribution in [0.5, 0.6) is 0 Å². The molecule has 5 aromatic rings. The number of hydrogen-bond acceptors (Lipinski definition) is 6. The van der Waals surface area contributed by atoms with Crippen LogP contribution in [0.15, 0.2) is 82.1 Å². The molecule has 11 heteroatoms. The maximum absolute atomic E-state index is 14.3. The molecular formula is C33H28F3N5OS2. The number of hydrogen-bond donors (Lipinski definition) is 0. The fraction of sp³-hybridized carbons (Fsp3) is 0.273. The maximum atomic E-state index is 14.3. The van der Waals surface area contributed by atoms with E-state index in [4.69, 9.17) is 5.10 Å². The second kappa shape index (κ2) is 11.1. The highest BCUT2D eigenvalue weighted by molar-refractivity contribution is 7.11. The number of carbonyl (C=O) groups excluding carboxylic acids is 1. The molecule has 1 amide bonds. The Bertz CT molecular complexity index is 1890. The minimum atomic E-state index is -4.72. The summed E-state index contributed by atoms with van der Waals surface area (Å²) in [6.45, 7) is 4.10. The number of nitrogens with zero attached hydrogens (tertiary/aromatic N) is 5. The van der Waals surface area contributed by atoms with Gasteiger partial charge < -0.3 is 0 Å². The Morgan fingerprint density at radius 3 is 2.50 bits per heavy atom. The van der Waals surface area contributed by atoms with Crippen molar-refractivity contribution in [2.45, 2.75) is 51.2 Å². The van der Waals surface area contributed by atoms with Crippen molar-refractivity contribution in [3.63, 3.8) is 0 Å². The van der Waals surface area contributed by atoms with E-state index in [1.54, 1.807) is 34.8 Å². The van der Waals surface area contributed by atoms with Crippen LogP contribution in [0.4, 0.5) is 13.2 Å². The van der Waals surface area contributed by atoms with Gasteiger partial charge in [-0.25, -0.2) is 14.5 Å². The lowest BCUT2D eigenvalue weighted by molar-refractivity contribution is -0.142. The number of halogens is 3. The summed E-state index contributed by atoms with van der Waals surface area (Å²) in [6, 6.07) is 17.2. The normalized spacial score (nSPS) is 19.6. The smallest absolute Gasteiger partial charge is 0.265 e. The molecule has 0 spiro atoms. The first-order chi connectivity index (χ1) is 21.2. The van der Waals surface area contributed by atoms with Crippen LogP contribution in [-0.2, 0) is 6.18 Å². The molecule has 1 aliphatic carbocycles. The van der Waals surface area contributed by atoms with E-state index in [2.05, 4.69) is 30.0 Å². The first kappa shape index (κ1) is 28.7. The minimum absolute atomic E-state index is 0.0149. The Kier molecular flexibility index (Phi) is 7.25. The van der Waals surface area contributed by atoms with Crippen molar-refractivity contribution in [2.24, 2.45) is 11.0 Å². The number of rotatable bonds is 5. The SMILES string of the molecule is CC(C)c1ccc(-c2cc(C(F)(F)F)n3nc(C(=O)N4N=C5/C(=C/c6cccs6)CCC[C@H]5[C@@H]4c4cccs4)cc3n2)cc1. The Balaban J connectivity index is 1.31. The van der Waals surface area contributed by atoms with Crippen molar-refractivity contribution in [1.29, 1.82) is 0 Å². The topological polar surface area (TPSA) is 62.9 Å². The lowest BCUT2D eigenvalue weighted by Crippen LogP contribution is -2.31. The van der Waals surface area contributed by atoms with E-state index < -0.39 is 17.8 Å². The molecular weight excluding hydrogens is 604 g/mol. The fourth-order valence-corrected chi connectivity index (χ4v) is 7.59. The highest BCUT2D eigenvalue weighted by Gasteiger charge is 2.45. The molecule has 44 heavy (non-hydrogen) atoms. The van der Waals surface area contributed by atoms with Gasteiger partial charge in [-0.2, -0.15) is 23.4 Å². The van der Waals surface area contributed by atoms with Crippen molar-refractivity contribution in [1.82, 2.24) is 19.6 Å². The summed E-state index contributed by atoms with van der Waals surface area (Å²) in [5, 5.41) is 14.4. The van der Waals surface area contributed by atoms with E-state index in [1.807, 2.05) is 47.2 Å². The summed E-state index contributed by atoms with van der Waals surface area (Å²) >= 11 is 3.18. The number of benzene rings is 1. The van der Waals surface area contributed by atoms with E-state index >= 15 is 0 Å². The Morgan fingerprint density at radius 1 is 1.05 bits per heavy atom. The maximum Gasteiger partial charge on any atom is 0.433 e. The van der Waals surface area contributed by atoms with E-state index in [1.165, 1.54) is 11.1 Å². The average molecular weight is 632 g/mol. The van der Waals surface area contributed by atoms with Gasteiger partial charge in [-0.3, -0.25) is 4.79 Å². The lowest BCUT2D eigenvalue weighted by atomic mass is 9.79. The predicted octanol–water partition coefficient (Wildman–Crippen LogP) is 9.10. The zero-order valence-electron chi connectivity index (χ0n) is 24.0. The number of alkyl halides is 3. The molecule has 2 aliphatic rings. The summed E-state index contributed by atoms with van der Waals surface area (Å²) in [5.74, 6) is -0.284. The molecule has 4 aromatic heterocycles. The van der Waals surface area contributed by atoms with Crippen LogP contribution in [0, 0.1) is 5.92 Å². The molecule has 224 valence electrons. The highest BCUT2D eigenvalue weighted by atomic mass is 32.1. The zero-order chi connectivity index (χ0) is 30.6. The van der Waals surface area contributed by atoms with E-state index in [-0.39, 0.29) is 34.9 Å². The van der Waals surface area contributed by atoms with Gasteiger partial charge in [0.15, 0.2) is 17.0 Å². The molecule has 5 heterocycles. The van der Waals surface area contributed by atoms with E-state index in [0.29, 0.717) is 5.56 Å². The Labute approximate surface area is 260 Å². The molecule has 1 fully saturated rings. The molecule has 0 N–H and O–H groups in total. The number of amides is 1. The summed E-state index contributed by atoms with van der Waals surface area (Å²) in [7, 11) is 0. The first-order valence-corrected chi connectivity index (χ1v) is 16.2. The van der Waals surface area contributed by atoms with Crippen LogP contribution in [0.2, 0.25) is 0 Å². The standard InChI is InChI=1S/C33H28F3N5OS2/c1-19(2)20-10-12-21(13-11-20)25-17-28(33(34,35)36)40-29(37-25)18-26(38-40)32(42)41-31(27-9-5-15-44-27)24-8-3-6-22(30(24)39-41)16-23-7-4-14-43-23/h4-5,7,9-19,24,31H,3,6,8H2,1-2H3/b22-16+/t24-,31-/m1/s1. The summed E-state index contributed by atoms with van der Waals surface area (Å²) in [6.07, 6.45) is 0.0785. The number of hydrazone groups is 1. The number of allylic oxidation sites excluding steroid dienone is 1. The lowest BCUT2D eigenvalue weighted by Gasteiger charge is -2.28. The zero-order valence-corrected chi connectivity index (χ0v) is 25.6. The monoisotopic (exact) mass is 631 g/mol. The van der Waals surface area contributed by atoms with Crippen molar-refractivity contribution in [2.75, 3.05) is 0 Å². The van der Waals surface area contributed by atoms with E-state index in [9.17, 15) is 18.0 Å². The molecule has 0 radical (unpaired) electrons. The summed E-state index contributed by atoms with van der Waals surface area (Å²) in [4.78, 5) is 20.7. The van der Waals surface area contributed by atoms with Gasteiger partial charge >= 0.3 is 6.18 Å². The summed E-state index contributed by atoms with van der Waals surface area (Å²) in [5.41, 5.74) is 2.54. The van der Waals surface area contributed by atoms with Gasteiger partial charge in [-0.1, -0.05) is 50.2 Å². The molecule has 2 atom stereocenters. The molecule has 1 aliphatic heterocycles. The number of thiophene rings is 2. The molecule has 1 aromatic carbocycles.